The molecule has 0 bridgehead atoms. The van der Waals surface area contributed by atoms with E-state index in [1.54, 1.807) is 19.5 Å². The Bertz CT molecular complexity index is 1440. The van der Waals surface area contributed by atoms with Crippen LogP contribution in [0.2, 0.25) is 5.02 Å². The summed E-state index contributed by atoms with van der Waals surface area (Å²) >= 11 is 6.34. The van der Waals surface area contributed by atoms with E-state index in [-0.39, 0.29) is 11.9 Å². The number of fused-ring (bicyclic) bond motifs is 1. The van der Waals surface area contributed by atoms with Crippen molar-refractivity contribution in [2.45, 2.75) is 52.1 Å². The molecule has 0 radical (unpaired) electrons. The molecule has 5 rings (SSSR count). The Hall–Kier alpha value is -3.24. The number of aromatic amines is 1. The highest BCUT2D eigenvalue weighted by atomic mass is 35.5. The topological polar surface area (TPSA) is 115 Å². The van der Waals surface area contributed by atoms with E-state index < -0.39 is 5.76 Å². The van der Waals surface area contributed by atoms with Crippen LogP contribution in [0.4, 0.5) is 5.95 Å². The molecule has 0 amide bonds. The zero-order valence-electron chi connectivity index (χ0n) is 21.6. The van der Waals surface area contributed by atoms with Crippen LogP contribution in [0, 0.1) is 11.8 Å². The Labute approximate surface area is 220 Å². The molecule has 1 fully saturated rings. The Morgan fingerprint density at radius 3 is 2.70 bits per heavy atom. The maximum Gasteiger partial charge on any atom is 0.439 e. The standard InChI is InChI=1S/C26H32ClN7O3/c1-15-5-7-17(8-6-15)13-34-23-20(30-25(34)33(3)16(2)14-36-4)10-21(24-31-26(35)37-32-24)29-22(23)18-9-19(27)12-28-11-18/h9-12,15-17H,5-8,13-14H2,1-4H3,(H,31,32,35). The molecule has 0 aliphatic heterocycles. The van der Waals surface area contributed by atoms with Crippen LogP contribution in [0.5, 0.6) is 0 Å². The highest BCUT2D eigenvalue weighted by Gasteiger charge is 2.27. The van der Waals surface area contributed by atoms with Gasteiger partial charge in [-0.25, -0.2) is 14.8 Å². The van der Waals surface area contributed by atoms with Crippen molar-refractivity contribution in [3.8, 4) is 22.8 Å². The van der Waals surface area contributed by atoms with Crippen LogP contribution < -0.4 is 10.7 Å². The molecular formula is C26H32ClN7O3. The summed E-state index contributed by atoms with van der Waals surface area (Å²) in [6.07, 6.45) is 8.15. The van der Waals surface area contributed by atoms with Crippen LogP contribution in [-0.2, 0) is 11.3 Å². The molecule has 196 valence electrons. The number of nitrogens with one attached hydrogen (secondary N) is 1. The molecule has 1 aliphatic carbocycles. The predicted octanol–water partition coefficient (Wildman–Crippen LogP) is 4.79. The fraction of sp³-hybridized carbons (Fsp3) is 0.500. The minimum Gasteiger partial charge on any atom is -0.383 e. The summed E-state index contributed by atoms with van der Waals surface area (Å²) in [4.78, 5) is 30.7. The average Bonchev–Trinajstić information content (AvgIpc) is 3.48. The second-order valence-corrected chi connectivity index (χ2v) is 10.6. The van der Waals surface area contributed by atoms with E-state index in [9.17, 15) is 4.79 Å². The van der Waals surface area contributed by atoms with Gasteiger partial charge in [-0.3, -0.25) is 14.5 Å². The van der Waals surface area contributed by atoms with Crippen molar-refractivity contribution in [3.05, 3.63) is 40.1 Å². The molecule has 4 aromatic heterocycles. The first-order chi connectivity index (χ1) is 17.8. The number of hydrogen-bond donors (Lipinski definition) is 1. The Kier molecular flexibility index (Phi) is 7.30. The Balaban J connectivity index is 1.73. The van der Waals surface area contributed by atoms with Crippen molar-refractivity contribution < 1.29 is 9.26 Å². The lowest BCUT2D eigenvalue weighted by molar-refractivity contribution is 0.182. The lowest BCUT2D eigenvalue weighted by Crippen LogP contribution is -2.35. The first-order valence-corrected chi connectivity index (χ1v) is 13.0. The first kappa shape index (κ1) is 25.4. The number of nitrogens with zero attached hydrogens (tertiary/aromatic N) is 6. The van der Waals surface area contributed by atoms with Crippen molar-refractivity contribution in [1.82, 2.24) is 29.7 Å². The number of aromatic nitrogens is 6. The van der Waals surface area contributed by atoms with E-state index in [0.717, 1.165) is 35.0 Å². The van der Waals surface area contributed by atoms with Gasteiger partial charge in [0.15, 0.2) is 0 Å². The van der Waals surface area contributed by atoms with Crippen molar-refractivity contribution in [3.63, 3.8) is 0 Å². The first-order valence-electron chi connectivity index (χ1n) is 12.6. The van der Waals surface area contributed by atoms with Gasteiger partial charge in [-0.2, -0.15) is 0 Å². The number of H-pyrrole nitrogens is 1. The van der Waals surface area contributed by atoms with E-state index in [1.165, 1.54) is 25.7 Å². The fourth-order valence-corrected chi connectivity index (χ4v) is 5.28. The van der Waals surface area contributed by atoms with Crippen molar-refractivity contribution >= 4 is 28.6 Å². The zero-order chi connectivity index (χ0) is 26.1. The van der Waals surface area contributed by atoms with Crippen molar-refractivity contribution in [2.24, 2.45) is 11.8 Å². The number of hydrogen-bond acceptors (Lipinski definition) is 8. The average molecular weight is 526 g/mol. The molecule has 0 saturated heterocycles. The van der Waals surface area contributed by atoms with Gasteiger partial charge in [-0.1, -0.05) is 36.5 Å². The predicted molar refractivity (Wildman–Crippen MR) is 143 cm³/mol. The minimum atomic E-state index is -0.645. The highest BCUT2D eigenvalue weighted by molar-refractivity contribution is 6.30. The normalized spacial score (nSPS) is 18.8. The van der Waals surface area contributed by atoms with Gasteiger partial charge >= 0.3 is 5.76 Å². The summed E-state index contributed by atoms with van der Waals surface area (Å²) in [6.45, 7) is 5.83. The molecule has 4 aromatic rings. The largest absolute Gasteiger partial charge is 0.439 e. The maximum absolute atomic E-state index is 11.7. The SMILES string of the molecule is COCC(C)N(C)c1nc2cc(-c3noc(=O)[nH]3)nc(-c3cncc(Cl)c3)c2n1CC1CCC(C)CC1. The van der Waals surface area contributed by atoms with Gasteiger partial charge in [0, 0.05) is 38.7 Å². The quantitative estimate of drug-likeness (QED) is 0.349. The highest BCUT2D eigenvalue weighted by Crippen LogP contribution is 2.37. The molecule has 1 saturated carbocycles. The summed E-state index contributed by atoms with van der Waals surface area (Å²) in [5.41, 5.74) is 3.50. The van der Waals surface area contributed by atoms with E-state index in [2.05, 4.69) is 38.4 Å². The Morgan fingerprint density at radius 2 is 2.03 bits per heavy atom. The molecule has 4 heterocycles. The number of anilines is 1. The van der Waals surface area contributed by atoms with Gasteiger partial charge in [0.05, 0.1) is 34.4 Å². The van der Waals surface area contributed by atoms with Gasteiger partial charge in [0.25, 0.3) is 0 Å². The van der Waals surface area contributed by atoms with Crippen LogP contribution in [-0.4, -0.2) is 56.5 Å². The van der Waals surface area contributed by atoms with Gasteiger partial charge in [-0.05, 0) is 43.7 Å². The van der Waals surface area contributed by atoms with Gasteiger partial charge < -0.3 is 14.2 Å². The molecule has 11 heteroatoms. The summed E-state index contributed by atoms with van der Waals surface area (Å²) in [6, 6.07) is 3.77. The number of methoxy groups -OCH3 is 1. The number of pyridine rings is 2. The van der Waals surface area contributed by atoms with Gasteiger partial charge in [0.2, 0.25) is 11.8 Å². The van der Waals surface area contributed by atoms with Crippen LogP contribution >= 0.6 is 11.6 Å². The molecule has 1 unspecified atom stereocenters. The van der Waals surface area contributed by atoms with Crippen molar-refractivity contribution in [1.29, 1.82) is 0 Å². The minimum absolute atomic E-state index is 0.0996. The molecule has 10 nitrogen and oxygen atoms in total. The van der Waals surface area contributed by atoms with E-state index in [1.807, 2.05) is 19.2 Å². The monoisotopic (exact) mass is 525 g/mol. The molecule has 1 atom stereocenters. The maximum atomic E-state index is 11.7. The third-order valence-corrected chi connectivity index (χ3v) is 7.53. The zero-order valence-corrected chi connectivity index (χ0v) is 22.3. The molecule has 37 heavy (non-hydrogen) atoms. The number of ether oxygens (including phenoxy) is 1. The second-order valence-electron chi connectivity index (χ2n) is 10.1. The van der Waals surface area contributed by atoms with Crippen LogP contribution in [0.1, 0.15) is 39.5 Å². The van der Waals surface area contributed by atoms with E-state index >= 15 is 0 Å². The number of likely N-dealkylation sites (N-methyl/N-ethyl adjacent to an activating group) is 1. The van der Waals surface area contributed by atoms with Gasteiger partial charge in [0.1, 0.15) is 5.69 Å². The number of halogens is 1. The fourth-order valence-electron chi connectivity index (χ4n) is 5.11. The van der Waals surface area contributed by atoms with E-state index in [0.29, 0.717) is 28.9 Å². The molecule has 1 N–H and O–H groups in total. The summed E-state index contributed by atoms with van der Waals surface area (Å²) in [7, 11) is 3.74. The third-order valence-electron chi connectivity index (χ3n) is 7.33. The summed E-state index contributed by atoms with van der Waals surface area (Å²) in [5.74, 6) is 1.73. The van der Waals surface area contributed by atoms with Crippen molar-refractivity contribution in [2.75, 3.05) is 25.7 Å². The number of rotatable bonds is 8. The smallest absolute Gasteiger partial charge is 0.383 e. The van der Waals surface area contributed by atoms with Crippen LogP contribution in [0.15, 0.2) is 33.8 Å². The summed E-state index contributed by atoms with van der Waals surface area (Å²) < 4.78 is 12.5. The van der Waals surface area contributed by atoms with Crippen LogP contribution in [0.25, 0.3) is 33.8 Å². The van der Waals surface area contributed by atoms with Crippen LogP contribution in [0.3, 0.4) is 0 Å². The lowest BCUT2D eigenvalue weighted by Gasteiger charge is -2.30. The molecular weight excluding hydrogens is 494 g/mol. The third kappa shape index (κ3) is 5.26. The Morgan fingerprint density at radius 1 is 1.24 bits per heavy atom. The molecule has 0 aromatic carbocycles. The molecule has 1 aliphatic rings. The second kappa shape index (κ2) is 10.6. The summed E-state index contributed by atoms with van der Waals surface area (Å²) in [5, 5.41) is 4.36. The number of imidazole rings is 1. The molecule has 0 spiro atoms. The lowest BCUT2D eigenvalue weighted by atomic mass is 9.83. The van der Waals surface area contributed by atoms with Gasteiger partial charge in [-0.15, -0.1) is 0 Å². The van der Waals surface area contributed by atoms with E-state index in [4.69, 9.17) is 30.8 Å².